The number of rotatable bonds is 1. The van der Waals surface area contributed by atoms with Crippen molar-refractivity contribution in [2.24, 2.45) is 0 Å². The van der Waals surface area contributed by atoms with Crippen molar-refractivity contribution in [2.75, 3.05) is 0 Å². The van der Waals surface area contributed by atoms with E-state index in [1.807, 2.05) is 36.4 Å². The van der Waals surface area contributed by atoms with E-state index in [4.69, 9.17) is 16.3 Å². The van der Waals surface area contributed by atoms with Gasteiger partial charge in [-0.15, -0.1) is 0 Å². The Balaban J connectivity index is 1.83. The van der Waals surface area contributed by atoms with Crippen LogP contribution in [0.4, 0.5) is 0 Å². The average molecular weight is 355 g/mol. The average Bonchev–Trinajstić information content (AvgIpc) is 2.84. The number of benzene rings is 4. The van der Waals surface area contributed by atoms with Gasteiger partial charge in [0.05, 0.1) is 5.02 Å². The molecule has 124 valence electrons. The fourth-order valence-electron chi connectivity index (χ4n) is 3.52. The van der Waals surface area contributed by atoms with E-state index in [0.29, 0.717) is 10.8 Å². The highest BCUT2D eigenvalue weighted by molar-refractivity contribution is 6.32. The van der Waals surface area contributed by atoms with Crippen LogP contribution in [0.25, 0.3) is 33.4 Å². The molecule has 1 aliphatic heterocycles. The van der Waals surface area contributed by atoms with E-state index in [1.54, 1.807) is 0 Å². The predicted octanol–water partition coefficient (Wildman–Crippen LogP) is 7.45. The van der Waals surface area contributed by atoms with Gasteiger partial charge in [-0.25, -0.2) is 0 Å². The van der Waals surface area contributed by atoms with Crippen LogP contribution in [-0.4, -0.2) is 0 Å². The summed E-state index contributed by atoms with van der Waals surface area (Å²) in [6.45, 7) is 0. The van der Waals surface area contributed by atoms with Gasteiger partial charge in [0.1, 0.15) is 5.75 Å². The summed E-state index contributed by atoms with van der Waals surface area (Å²) in [5.74, 6) is 1.54. The molecule has 0 saturated heterocycles. The number of fused-ring (bicyclic) bond motifs is 5. The standard InChI is InChI=1S/C24H15ClO/c25-22-11-6-10-20-18-14-13-17(16-7-2-1-3-8-16)15-21(18)19-9-4-5-12-23(19)26-24(20)22/h1-15H. The molecule has 0 saturated carbocycles. The van der Waals surface area contributed by atoms with Crippen molar-refractivity contribution < 1.29 is 4.74 Å². The topological polar surface area (TPSA) is 9.23 Å². The molecule has 0 radical (unpaired) electrons. The van der Waals surface area contributed by atoms with Crippen LogP contribution < -0.4 is 4.74 Å². The lowest BCUT2D eigenvalue weighted by molar-refractivity contribution is 0.488. The molecule has 1 aliphatic rings. The SMILES string of the molecule is Clc1cccc2c1Oc1ccccc1-c1cc(-c3ccccc3)ccc1-2. The maximum atomic E-state index is 6.45. The van der Waals surface area contributed by atoms with Crippen LogP contribution >= 0.6 is 11.6 Å². The van der Waals surface area contributed by atoms with Crippen molar-refractivity contribution in [3.05, 3.63) is 96.0 Å². The van der Waals surface area contributed by atoms with Gasteiger partial charge in [0.15, 0.2) is 5.75 Å². The van der Waals surface area contributed by atoms with E-state index in [1.165, 1.54) is 11.1 Å². The normalized spacial score (nSPS) is 11.6. The van der Waals surface area contributed by atoms with E-state index < -0.39 is 0 Å². The van der Waals surface area contributed by atoms with E-state index in [9.17, 15) is 0 Å². The van der Waals surface area contributed by atoms with Gasteiger partial charge in [0.25, 0.3) is 0 Å². The molecule has 4 aromatic carbocycles. The maximum absolute atomic E-state index is 6.45. The summed E-state index contributed by atoms with van der Waals surface area (Å²) in [5, 5.41) is 0.622. The highest BCUT2D eigenvalue weighted by atomic mass is 35.5. The zero-order valence-corrected chi connectivity index (χ0v) is 14.7. The van der Waals surface area contributed by atoms with Crippen LogP contribution in [0.3, 0.4) is 0 Å². The van der Waals surface area contributed by atoms with Crippen LogP contribution in [0.1, 0.15) is 0 Å². The van der Waals surface area contributed by atoms with Crippen LogP contribution in [0, 0.1) is 0 Å². The second-order valence-electron chi connectivity index (χ2n) is 6.34. The number of hydrogen-bond donors (Lipinski definition) is 0. The number of ether oxygens (including phenoxy) is 1. The summed E-state index contributed by atoms with van der Waals surface area (Å²) < 4.78 is 6.23. The monoisotopic (exact) mass is 354 g/mol. The summed E-state index contributed by atoms with van der Waals surface area (Å²) in [6, 6.07) is 31.0. The molecule has 4 aromatic rings. The summed E-state index contributed by atoms with van der Waals surface area (Å²) in [4.78, 5) is 0. The Kier molecular flexibility index (Phi) is 3.55. The lowest BCUT2D eigenvalue weighted by atomic mass is 9.91. The third kappa shape index (κ3) is 2.40. The Hall–Kier alpha value is -3.03. The first-order chi connectivity index (χ1) is 12.8. The van der Waals surface area contributed by atoms with E-state index in [-0.39, 0.29) is 0 Å². The Bertz CT molecular complexity index is 1120. The molecule has 1 nitrogen and oxygen atoms in total. The molecule has 26 heavy (non-hydrogen) atoms. The van der Waals surface area contributed by atoms with Gasteiger partial charge in [0.2, 0.25) is 0 Å². The van der Waals surface area contributed by atoms with Crippen LogP contribution in [0.5, 0.6) is 11.5 Å². The minimum absolute atomic E-state index is 0.622. The zero-order valence-electron chi connectivity index (χ0n) is 13.9. The van der Waals surface area contributed by atoms with Gasteiger partial charge in [-0.2, -0.15) is 0 Å². The molecule has 0 bridgehead atoms. The first-order valence-corrected chi connectivity index (χ1v) is 8.95. The molecular formula is C24H15ClO. The minimum Gasteiger partial charge on any atom is -0.454 e. The zero-order chi connectivity index (χ0) is 17.5. The lowest BCUT2D eigenvalue weighted by Crippen LogP contribution is -1.86. The molecule has 0 fully saturated rings. The quantitative estimate of drug-likeness (QED) is 0.304. The molecule has 0 amide bonds. The Morgan fingerprint density at radius 3 is 2.19 bits per heavy atom. The molecule has 0 N–H and O–H groups in total. The maximum Gasteiger partial charge on any atom is 0.153 e. The van der Waals surface area contributed by atoms with Crippen molar-refractivity contribution in [3.8, 4) is 44.9 Å². The number of para-hydroxylation sites is 2. The van der Waals surface area contributed by atoms with Gasteiger partial charge in [-0.05, 0) is 40.5 Å². The molecule has 0 atom stereocenters. The van der Waals surface area contributed by atoms with Gasteiger partial charge in [0, 0.05) is 11.1 Å². The van der Waals surface area contributed by atoms with Crippen molar-refractivity contribution in [1.29, 1.82) is 0 Å². The fourth-order valence-corrected chi connectivity index (χ4v) is 3.74. The van der Waals surface area contributed by atoms with Crippen LogP contribution in [-0.2, 0) is 0 Å². The van der Waals surface area contributed by atoms with Crippen molar-refractivity contribution in [3.63, 3.8) is 0 Å². The molecular weight excluding hydrogens is 340 g/mol. The molecule has 0 aromatic heterocycles. The fraction of sp³-hybridized carbons (Fsp3) is 0. The van der Waals surface area contributed by atoms with Crippen LogP contribution in [0.15, 0.2) is 91.0 Å². The summed E-state index contributed by atoms with van der Waals surface area (Å²) in [6.07, 6.45) is 0. The first kappa shape index (κ1) is 15.2. The molecule has 1 heterocycles. The molecule has 0 unspecified atom stereocenters. The van der Waals surface area contributed by atoms with E-state index in [2.05, 4.69) is 54.6 Å². The predicted molar refractivity (Wildman–Crippen MR) is 108 cm³/mol. The third-order valence-electron chi connectivity index (χ3n) is 4.77. The van der Waals surface area contributed by atoms with E-state index >= 15 is 0 Å². The second kappa shape index (κ2) is 6.05. The number of hydrogen-bond acceptors (Lipinski definition) is 1. The molecule has 2 heteroatoms. The lowest BCUT2D eigenvalue weighted by Gasteiger charge is -2.11. The molecule has 0 aliphatic carbocycles. The highest BCUT2D eigenvalue weighted by Gasteiger charge is 2.22. The smallest absolute Gasteiger partial charge is 0.153 e. The Morgan fingerprint density at radius 1 is 0.538 bits per heavy atom. The highest BCUT2D eigenvalue weighted by Crippen LogP contribution is 2.49. The largest absolute Gasteiger partial charge is 0.454 e. The Labute approximate surface area is 157 Å². The van der Waals surface area contributed by atoms with Crippen molar-refractivity contribution in [1.82, 2.24) is 0 Å². The summed E-state index contributed by atoms with van der Waals surface area (Å²) in [7, 11) is 0. The van der Waals surface area contributed by atoms with E-state index in [0.717, 1.165) is 28.0 Å². The summed E-state index contributed by atoms with van der Waals surface area (Å²) in [5.41, 5.74) is 6.76. The Morgan fingerprint density at radius 2 is 1.31 bits per heavy atom. The minimum atomic E-state index is 0.622. The number of halogens is 1. The summed E-state index contributed by atoms with van der Waals surface area (Å²) >= 11 is 6.45. The first-order valence-electron chi connectivity index (χ1n) is 8.57. The van der Waals surface area contributed by atoms with Gasteiger partial charge in [-0.3, -0.25) is 0 Å². The van der Waals surface area contributed by atoms with Crippen LogP contribution in [0.2, 0.25) is 5.02 Å². The molecule has 0 spiro atoms. The third-order valence-corrected chi connectivity index (χ3v) is 5.07. The van der Waals surface area contributed by atoms with Gasteiger partial charge >= 0.3 is 0 Å². The van der Waals surface area contributed by atoms with Gasteiger partial charge in [-0.1, -0.05) is 84.4 Å². The van der Waals surface area contributed by atoms with Crippen molar-refractivity contribution >= 4 is 11.6 Å². The molecule has 5 rings (SSSR count). The second-order valence-corrected chi connectivity index (χ2v) is 6.75. The van der Waals surface area contributed by atoms with Gasteiger partial charge < -0.3 is 4.74 Å². The van der Waals surface area contributed by atoms with Crippen molar-refractivity contribution in [2.45, 2.75) is 0 Å².